The van der Waals surface area contributed by atoms with Crippen molar-refractivity contribution in [3.05, 3.63) is 0 Å². The van der Waals surface area contributed by atoms with Crippen molar-refractivity contribution in [3.8, 4) is 0 Å². The lowest BCUT2D eigenvalue weighted by atomic mass is 9.93. The van der Waals surface area contributed by atoms with Crippen molar-refractivity contribution >= 4 is 33.7 Å². The maximum absolute atomic E-state index is 10.8. The van der Waals surface area contributed by atoms with E-state index in [-0.39, 0.29) is 10.5 Å². The SMILES string of the molecule is CCC(CCCCCCCCCCCC(=O)Cl)CCC(=O)Cl. The Morgan fingerprint density at radius 1 is 0.682 bits per heavy atom. The van der Waals surface area contributed by atoms with E-state index in [0.717, 1.165) is 25.7 Å². The lowest BCUT2D eigenvalue weighted by Gasteiger charge is -2.13. The molecule has 0 aromatic carbocycles. The van der Waals surface area contributed by atoms with Gasteiger partial charge in [-0.2, -0.15) is 0 Å². The number of hydrogen-bond donors (Lipinski definition) is 0. The lowest BCUT2D eigenvalue weighted by molar-refractivity contribution is -0.112. The van der Waals surface area contributed by atoms with Gasteiger partial charge in [0.25, 0.3) is 0 Å². The first-order chi connectivity index (χ1) is 10.6. The van der Waals surface area contributed by atoms with Gasteiger partial charge in [-0.05, 0) is 42.0 Å². The first-order valence-corrected chi connectivity index (χ1v) is 9.68. The Morgan fingerprint density at radius 3 is 1.59 bits per heavy atom. The fourth-order valence-corrected chi connectivity index (χ4v) is 3.05. The number of carbonyl (C=O) groups excluding carboxylic acids is 2. The summed E-state index contributed by atoms with van der Waals surface area (Å²) in [6.07, 6.45) is 15.4. The summed E-state index contributed by atoms with van der Waals surface area (Å²) in [4.78, 5) is 21.3. The number of halogens is 2. The van der Waals surface area contributed by atoms with Gasteiger partial charge in [0.05, 0.1) is 0 Å². The van der Waals surface area contributed by atoms with Gasteiger partial charge < -0.3 is 0 Å². The summed E-state index contributed by atoms with van der Waals surface area (Å²) in [5.41, 5.74) is 0. The van der Waals surface area contributed by atoms with Crippen molar-refractivity contribution in [2.24, 2.45) is 5.92 Å². The second-order valence-electron chi connectivity index (χ2n) is 6.24. The highest BCUT2D eigenvalue weighted by Crippen LogP contribution is 2.20. The van der Waals surface area contributed by atoms with Crippen molar-refractivity contribution in [2.75, 3.05) is 0 Å². The van der Waals surface area contributed by atoms with Crippen LogP contribution in [0, 0.1) is 5.92 Å². The molecule has 22 heavy (non-hydrogen) atoms. The van der Waals surface area contributed by atoms with E-state index in [2.05, 4.69) is 6.92 Å². The molecule has 0 saturated heterocycles. The summed E-state index contributed by atoms with van der Waals surface area (Å²) in [6, 6.07) is 0. The zero-order valence-electron chi connectivity index (χ0n) is 14.0. The van der Waals surface area contributed by atoms with Crippen LogP contribution in [-0.2, 0) is 9.59 Å². The van der Waals surface area contributed by atoms with E-state index < -0.39 is 0 Å². The predicted octanol–water partition coefficient (Wildman–Crippen LogP) is 6.61. The molecule has 0 N–H and O–H groups in total. The van der Waals surface area contributed by atoms with Crippen molar-refractivity contribution in [3.63, 3.8) is 0 Å². The normalized spacial score (nSPS) is 12.3. The Balaban J connectivity index is 3.28. The molecule has 2 nitrogen and oxygen atoms in total. The molecule has 1 atom stereocenters. The van der Waals surface area contributed by atoms with Crippen LogP contribution < -0.4 is 0 Å². The third kappa shape index (κ3) is 16.3. The molecule has 0 rings (SSSR count). The van der Waals surface area contributed by atoms with Gasteiger partial charge in [-0.1, -0.05) is 71.1 Å². The molecule has 0 spiro atoms. The number of unbranched alkanes of at least 4 members (excludes halogenated alkanes) is 8. The summed E-state index contributed by atoms with van der Waals surface area (Å²) in [7, 11) is 0. The highest BCUT2D eigenvalue weighted by atomic mass is 35.5. The summed E-state index contributed by atoms with van der Waals surface area (Å²) >= 11 is 10.7. The van der Waals surface area contributed by atoms with Crippen LogP contribution in [0.4, 0.5) is 0 Å². The zero-order valence-corrected chi connectivity index (χ0v) is 15.6. The van der Waals surface area contributed by atoms with Crippen molar-refractivity contribution in [1.29, 1.82) is 0 Å². The Morgan fingerprint density at radius 2 is 1.14 bits per heavy atom. The average molecular weight is 351 g/mol. The molecule has 4 heteroatoms. The van der Waals surface area contributed by atoms with Gasteiger partial charge in [-0.25, -0.2) is 0 Å². The van der Waals surface area contributed by atoms with Crippen LogP contribution in [0.3, 0.4) is 0 Å². The van der Waals surface area contributed by atoms with Crippen LogP contribution in [0.5, 0.6) is 0 Å². The fourth-order valence-electron chi connectivity index (χ4n) is 2.80. The van der Waals surface area contributed by atoms with Crippen LogP contribution in [0.2, 0.25) is 0 Å². The molecule has 0 radical (unpaired) electrons. The second kappa shape index (κ2) is 15.8. The zero-order chi connectivity index (χ0) is 16.6. The van der Waals surface area contributed by atoms with E-state index in [1.54, 1.807) is 0 Å². The highest BCUT2D eigenvalue weighted by molar-refractivity contribution is 6.63. The summed E-state index contributed by atoms with van der Waals surface area (Å²) in [5, 5.41) is -0.408. The van der Waals surface area contributed by atoms with Gasteiger partial charge in [0.2, 0.25) is 10.5 Å². The van der Waals surface area contributed by atoms with Crippen LogP contribution in [0.1, 0.15) is 96.8 Å². The molecule has 1 unspecified atom stereocenters. The summed E-state index contributed by atoms with van der Waals surface area (Å²) < 4.78 is 0. The van der Waals surface area contributed by atoms with E-state index >= 15 is 0 Å². The van der Waals surface area contributed by atoms with E-state index in [0.29, 0.717) is 18.8 Å². The molecule has 0 aliphatic heterocycles. The molecular weight excluding hydrogens is 319 g/mol. The smallest absolute Gasteiger partial charge is 0.221 e. The van der Waals surface area contributed by atoms with Gasteiger partial charge in [-0.3, -0.25) is 9.59 Å². The van der Waals surface area contributed by atoms with Crippen molar-refractivity contribution in [2.45, 2.75) is 96.8 Å². The van der Waals surface area contributed by atoms with Gasteiger partial charge in [0.1, 0.15) is 0 Å². The Bertz CT molecular complexity index is 293. The van der Waals surface area contributed by atoms with Crippen molar-refractivity contribution < 1.29 is 9.59 Å². The van der Waals surface area contributed by atoms with Crippen LogP contribution in [0.25, 0.3) is 0 Å². The summed E-state index contributed by atoms with van der Waals surface area (Å²) in [5.74, 6) is 0.660. The van der Waals surface area contributed by atoms with Crippen LogP contribution in [0.15, 0.2) is 0 Å². The average Bonchev–Trinajstić information content (AvgIpc) is 2.47. The first kappa shape index (κ1) is 21.9. The van der Waals surface area contributed by atoms with Crippen LogP contribution in [-0.4, -0.2) is 10.5 Å². The third-order valence-corrected chi connectivity index (χ3v) is 4.69. The molecule has 0 amide bonds. The molecule has 0 aliphatic rings. The third-order valence-electron chi connectivity index (χ3n) is 4.31. The van der Waals surface area contributed by atoms with Gasteiger partial charge >= 0.3 is 0 Å². The quantitative estimate of drug-likeness (QED) is 0.231. The monoisotopic (exact) mass is 350 g/mol. The molecule has 0 heterocycles. The molecule has 130 valence electrons. The second-order valence-corrected chi connectivity index (χ2v) is 7.09. The lowest BCUT2D eigenvalue weighted by Crippen LogP contribution is -2.01. The van der Waals surface area contributed by atoms with Gasteiger partial charge in [-0.15, -0.1) is 0 Å². The molecule has 0 aliphatic carbocycles. The Kier molecular flexibility index (Phi) is 15.7. The van der Waals surface area contributed by atoms with E-state index in [9.17, 15) is 9.59 Å². The van der Waals surface area contributed by atoms with E-state index in [4.69, 9.17) is 23.2 Å². The van der Waals surface area contributed by atoms with E-state index in [1.807, 2.05) is 0 Å². The van der Waals surface area contributed by atoms with Crippen molar-refractivity contribution in [1.82, 2.24) is 0 Å². The number of carbonyl (C=O) groups is 2. The minimum atomic E-state index is -0.208. The molecule has 0 aromatic rings. The molecular formula is C18H32Cl2O2. The maximum atomic E-state index is 10.8. The minimum Gasteiger partial charge on any atom is -0.281 e. The Hall–Kier alpha value is -0.0800. The number of rotatable bonds is 16. The Labute approximate surface area is 146 Å². The molecule has 0 aromatic heterocycles. The standard InChI is InChI=1S/C18H32Cl2O2/c1-2-16(14-15-18(20)22)12-10-8-6-4-3-5-7-9-11-13-17(19)21/h16H,2-15H2,1H3. The molecule has 0 saturated carbocycles. The first-order valence-electron chi connectivity index (χ1n) is 8.93. The topological polar surface area (TPSA) is 34.1 Å². The maximum Gasteiger partial charge on any atom is 0.221 e. The highest BCUT2D eigenvalue weighted by Gasteiger charge is 2.08. The predicted molar refractivity (Wildman–Crippen MR) is 95.5 cm³/mol. The van der Waals surface area contributed by atoms with E-state index in [1.165, 1.54) is 51.4 Å². The molecule has 0 fully saturated rings. The van der Waals surface area contributed by atoms with Gasteiger partial charge in [0, 0.05) is 12.8 Å². The minimum absolute atomic E-state index is 0.200. The summed E-state index contributed by atoms with van der Waals surface area (Å²) in [6.45, 7) is 2.20. The van der Waals surface area contributed by atoms with Crippen LogP contribution >= 0.6 is 23.2 Å². The fraction of sp³-hybridized carbons (Fsp3) is 0.889. The molecule has 0 bridgehead atoms. The number of hydrogen-bond acceptors (Lipinski definition) is 2. The largest absolute Gasteiger partial charge is 0.281 e. The van der Waals surface area contributed by atoms with Gasteiger partial charge in [0.15, 0.2) is 0 Å².